The molecule has 29 heavy (non-hydrogen) atoms. The molecule has 154 valence electrons. The first kappa shape index (κ1) is 21.6. The van der Waals surface area contributed by atoms with Crippen molar-refractivity contribution in [1.29, 1.82) is 0 Å². The van der Waals surface area contributed by atoms with E-state index in [4.69, 9.17) is 9.47 Å². The lowest BCUT2D eigenvalue weighted by Crippen LogP contribution is -2.36. The van der Waals surface area contributed by atoms with Gasteiger partial charge in [-0.25, -0.2) is 13.2 Å². The predicted molar refractivity (Wildman–Crippen MR) is 120 cm³/mol. The van der Waals surface area contributed by atoms with Gasteiger partial charge in [0.1, 0.15) is 16.6 Å². The summed E-state index contributed by atoms with van der Waals surface area (Å²) in [5.74, 6) is 0.00814. The maximum absolute atomic E-state index is 13.4. The molecule has 1 aliphatic carbocycles. The maximum atomic E-state index is 13.4. The van der Waals surface area contributed by atoms with Crippen molar-refractivity contribution in [2.24, 2.45) is 0 Å². The van der Waals surface area contributed by atoms with Crippen LogP contribution in [0.5, 0.6) is 0 Å². The highest BCUT2D eigenvalue weighted by Crippen LogP contribution is 2.34. The van der Waals surface area contributed by atoms with Gasteiger partial charge in [0.15, 0.2) is 0 Å². The van der Waals surface area contributed by atoms with Gasteiger partial charge in [-0.15, -0.1) is 0 Å². The van der Waals surface area contributed by atoms with E-state index < -0.39 is 21.2 Å². The molecule has 0 radical (unpaired) electrons. The number of pyridine rings is 1. The minimum absolute atomic E-state index is 0.111. The third kappa shape index (κ3) is 4.25. The van der Waals surface area contributed by atoms with Crippen LogP contribution in [-0.2, 0) is 19.5 Å². The minimum atomic E-state index is -3.81. The van der Waals surface area contributed by atoms with Gasteiger partial charge in [-0.05, 0) is 66.3 Å². The second-order valence-electron chi connectivity index (χ2n) is 6.36. The van der Waals surface area contributed by atoms with Crippen LogP contribution >= 0.6 is 22.6 Å². The lowest BCUT2D eigenvalue weighted by molar-refractivity contribution is 0.0527. The zero-order chi connectivity index (χ0) is 21.2. The number of hydrogen-bond acceptors (Lipinski definition) is 6. The molecule has 1 aromatic carbocycles. The largest absolute Gasteiger partial charge is 0.497 e. The highest BCUT2D eigenvalue weighted by Gasteiger charge is 2.33. The van der Waals surface area contributed by atoms with Crippen molar-refractivity contribution in [2.45, 2.75) is 18.6 Å². The Balaban J connectivity index is 2.15. The smallest absolute Gasteiger partial charge is 0.341 e. The molecular formula is C20H21IN2O5S. The Morgan fingerprint density at radius 1 is 1.38 bits per heavy atom. The maximum Gasteiger partial charge on any atom is 0.341 e. The number of fused-ring (bicyclic) bond motifs is 1. The molecule has 1 atom stereocenters. The topological polar surface area (TPSA) is 85.8 Å². The molecule has 0 aliphatic heterocycles. The molecule has 0 saturated heterocycles. The zero-order valence-electron chi connectivity index (χ0n) is 16.3. The summed E-state index contributed by atoms with van der Waals surface area (Å²) >= 11 is 2.14. The molecule has 1 unspecified atom stereocenters. The monoisotopic (exact) mass is 528 g/mol. The first-order chi connectivity index (χ1) is 13.8. The Hall–Kier alpha value is -2.14. The highest BCUT2D eigenvalue weighted by molar-refractivity contribution is 14.1. The summed E-state index contributed by atoms with van der Waals surface area (Å²) in [6.45, 7) is 1.87. The molecule has 0 bridgehead atoms. The van der Waals surface area contributed by atoms with Crippen LogP contribution in [0.2, 0.25) is 0 Å². The van der Waals surface area contributed by atoms with Gasteiger partial charge in [0.25, 0.3) is 0 Å². The standard InChI is InChI=1S/C20H21IN2O5S/c1-4-28-20(24)17-12-22-18-10-5-13(21)11-16(18)19(17)23(2)29(25,26)15-8-6-14(27-3)7-9-15/h5-8,10-12,15H,4,9H2,1-3H3. The Kier molecular flexibility index (Phi) is 6.47. The van der Waals surface area contributed by atoms with Crippen molar-refractivity contribution >= 4 is 55.2 Å². The number of aromatic nitrogens is 1. The number of ether oxygens (including phenoxy) is 2. The third-order valence-corrected chi connectivity index (χ3v) is 7.37. The lowest BCUT2D eigenvalue weighted by Gasteiger charge is -2.27. The van der Waals surface area contributed by atoms with E-state index in [1.165, 1.54) is 24.7 Å². The van der Waals surface area contributed by atoms with Gasteiger partial charge < -0.3 is 9.47 Å². The number of nitrogens with zero attached hydrogens (tertiary/aromatic N) is 2. The van der Waals surface area contributed by atoms with Crippen LogP contribution in [0.4, 0.5) is 5.69 Å². The van der Waals surface area contributed by atoms with Gasteiger partial charge in [0, 0.05) is 22.2 Å². The van der Waals surface area contributed by atoms with Gasteiger partial charge in [-0.3, -0.25) is 9.29 Å². The van der Waals surface area contributed by atoms with Gasteiger partial charge in [-0.1, -0.05) is 6.08 Å². The van der Waals surface area contributed by atoms with E-state index in [0.717, 1.165) is 3.57 Å². The average molecular weight is 528 g/mol. The van der Waals surface area contributed by atoms with Crippen LogP contribution in [0.15, 0.2) is 48.4 Å². The molecule has 1 aliphatic rings. The SMILES string of the molecule is CCOC(=O)c1cnc2ccc(I)cc2c1N(C)S(=O)(=O)C1C=CC(OC)=CC1. The molecule has 3 rings (SSSR count). The van der Waals surface area contributed by atoms with Crippen LogP contribution in [-0.4, -0.2) is 45.4 Å². The van der Waals surface area contributed by atoms with E-state index in [0.29, 0.717) is 16.7 Å². The first-order valence-corrected chi connectivity index (χ1v) is 11.5. The van der Waals surface area contributed by atoms with Gasteiger partial charge in [0.2, 0.25) is 10.0 Å². The number of methoxy groups -OCH3 is 1. The Morgan fingerprint density at radius 3 is 2.76 bits per heavy atom. The number of anilines is 1. The lowest BCUT2D eigenvalue weighted by atomic mass is 10.1. The number of hydrogen-bond donors (Lipinski definition) is 0. The third-order valence-electron chi connectivity index (χ3n) is 4.64. The zero-order valence-corrected chi connectivity index (χ0v) is 19.2. The van der Waals surface area contributed by atoms with E-state index in [2.05, 4.69) is 27.6 Å². The van der Waals surface area contributed by atoms with Gasteiger partial charge >= 0.3 is 5.97 Å². The molecule has 0 fully saturated rings. The molecule has 7 nitrogen and oxygen atoms in total. The summed E-state index contributed by atoms with van der Waals surface area (Å²) in [5.41, 5.74) is 0.971. The van der Waals surface area contributed by atoms with Crippen molar-refractivity contribution in [3.05, 3.63) is 57.5 Å². The normalized spacial score (nSPS) is 16.4. The number of sulfonamides is 1. The number of rotatable bonds is 6. The molecule has 0 saturated carbocycles. The van der Waals surface area contributed by atoms with Gasteiger partial charge in [0.05, 0.1) is 24.9 Å². The number of carbonyl (C=O) groups is 1. The van der Waals surface area contributed by atoms with E-state index in [9.17, 15) is 13.2 Å². The predicted octanol–water partition coefficient (Wildman–Crippen LogP) is 3.64. The minimum Gasteiger partial charge on any atom is -0.497 e. The first-order valence-electron chi connectivity index (χ1n) is 8.95. The van der Waals surface area contributed by atoms with Crippen LogP contribution in [0, 0.1) is 3.57 Å². The van der Waals surface area contributed by atoms with Crippen LogP contribution in [0.1, 0.15) is 23.7 Å². The summed E-state index contributed by atoms with van der Waals surface area (Å²) in [7, 11) is -0.824. The highest BCUT2D eigenvalue weighted by atomic mass is 127. The summed E-state index contributed by atoms with van der Waals surface area (Å²) in [4.78, 5) is 16.9. The Bertz CT molecular complexity index is 1110. The number of carbonyl (C=O) groups excluding carboxylic acids is 1. The van der Waals surface area contributed by atoms with Crippen molar-refractivity contribution in [3.8, 4) is 0 Å². The number of allylic oxidation sites excluding steroid dienone is 2. The summed E-state index contributed by atoms with van der Waals surface area (Å²) in [6.07, 6.45) is 6.62. The quantitative estimate of drug-likeness (QED) is 0.421. The van der Waals surface area contributed by atoms with E-state index in [-0.39, 0.29) is 24.3 Å². The van der Waals surface area contributed by atoms with Crippen LogP contribution < -0.4 is 4.31 Å². The molecule has 1 aromatic heterocycles. The van der Waals surface area contributed by atoms with Crippen LogP contribution in [0.3, 0.4) is 0 Å². The molecule has 9 heteroatoms. The van der Waals surface area contributed by atoms with Crippen molar-refractivity contribution in [2.75, 3.05) is 25.1 Å². The molecule has 0 spiro atoms. The van der Waals surface area contributed by atoms with Gasteiger partial charge in [-0.2, -0.15) is 0 Å². The Labute approximate surface area is 183 Å². The average Bonchev–Trinajstić information content (AvgIpc) is 2.72. The van der Waals surface area contributed by atoms with E-state index in [1.54, 1.807) is 31.2 Å². The second-order valence-corrected chi connectivity index (χ2v) is 9.79. The number of benzene rings is 1. The molecule has 2 aromatic rings. The Morgan fingerprint density at radius 2 is 2.14 bits per heavy atom. The second kappa shape index (κ2) is 8.70. The molecule has 0 N–H and O–H groups in total. The fraction of sp³-hybridized carbons (Fsp3) is 0.300. The molecular weight excluding hydrogens is 507 g/mol. The fourth-order valence-electron chi connectivity index (χ4n) is 3.13. The summed E-state index contributed by atoms with van der Waals surface area (Å²) in [5, 5.41) is -0.200. The number of esters is 1. The van der Waals surface area contributed by atoms with Crippen molar-refractivity contribution < 1.29 is 22.7 Å². The molecule has 0 amide bonds. The van der Waals surface area contributed by atoms with Crippen molar-refractivity contribution in [3.63, 3.8) is 0 Å². The van der Waals surface area contributed by atoms with E-state index >= 15 is 0 Å². The molecule has 1 heterocycles. The van der Waals surface area contributed by atoms with E-state index in [1.807, 2.05) is 12.1 Å². The fourth-order valence-corrected chi connectivity index (χ4v) is 5.10. The number of halogens is 1. The summed E-state index contributed by atoms with van der Waals surface area (Å²) in [6, 6.07) is 5.48. The van der Waals surface area contributed by atoms with Crippen LogP contribution in [0.25, 0.3) is 10.9 Å². The van der Waals surface area contributed by atoms with Crippen molar-refractivity contribution in [1.82, 2.24) is 4.98 Å². The summed E-state index contributed by atoms with van der Waals surface area (Å²) < 4.78 is 39.1.